The highest BCUT2D eigenvalue weighted by atomic mass is 16.3. The lowest BCUT2D eigenvalue weighted by Crippen LogP contribution is -2.00. The highest BCUT2D eigenvalue weighted by molar-refractivity contribution is 6.07. The Kier molecular flexibility index (Phi) is 16.8. The molecule has 294 valence electrons. The van der Waals surface area contributed by atoms with Crippen LogP contribution in [-0.2, 0) is 0 Å². The smallest absolute Gasteiger partial charge is 0.164 e. The number of aromatic nitrogens is 3. The lowest BCUT2D eigenvalue weighted by Gasteiger charge is -2.11. The summed E-state index contributed by atoms with van der Waals surface area (Å²) in [7, 11) is 0. The topological polar surface area (TPSA) is 65.0 Å². The van der Waals surface area contributed by atoms with Crippen molar-refractivity contribution >= 4 is 49.5 Å². The molecule has 1 aliphatic rings. The molecule has 8 aromatic rings. The Labute approximate surface area is 339 Å². The van der Waals surface area contributed by atoms with Crippen LogP contribution in [0.25, 0.3) is 83.6 Å². The lowest BCUT2D eigenvalue weighted by atomic mass is 9.96. The second kappa shape index (κ2) is 21.9. The first-order chi connectivity index (χ1) is 28.1. The second-order valence-corrected chi connectivity index (χ2v) is 12.7. The van der Waals surface area contributed by atoms with Crippen molar-refractivity contribution in [1.82, 2.24) is 15.0 Å². The number of para-hydroxylation sites is 1. The van der Waals surface area contributed by atoms with Gasteiger partial charge in [-0.25, -0.2) is 15.0 Å². The van der Waals surface area contributed by atoms with Crippen LogP contribution in [-0.4, -0.2) is 15.0 Å². The molecule has 0 aliphatic heterocycles. The molecular weight excluding hydrogens is 699 g/mol. The normalized spacial score (nSPS) is 11.4. The van der Waals surface area contributed by atoms with Crippen LogP contribution in [0.4, 0.5) is 0 Å². The Balaban J connectivity index is 0.000000546. The zero-order valence-corrected chi connectivity index (χ0v) is 35.4. The predicted octanol–water partition coefficient (Wildman–Crippen LogP) is 16.4. The molecule has 9 rings (SSSR count). The molecule has 0 amide bonds. The molecule has 1 aliphatic carbocycles. The van der Waals surface area contributed by atoms with Crippen LogP contribution >= 0.6 is 0 Å². The number of nitrogens with zero attached hydrogens (tertiary/aromatic N) is 3. The van der Waals surface area contributed by atoms with Gasteiger partial charge < -0.3 is 8.83 Å². The van der Waals surface area contributed by atoms with E-state index in [1.54, 1.807) is 0 Å². The molecule has 3 aromatic heterocycles. The molecule has 3 heterocycles. The van der Waals surface area contributed by atoms with Crippen molar-refractivity contribution < 1.29 is 8.83 Å². The average Bonchev–Trinajstić information content (AvgIpc) is 3.86. The van der Waals surface area contributed by atoms with E-state index in [1.807, 2.05) is 77.9 Å². The number of benzene rings is 5. The number of fused-ring (bicyclic) bond motifs is 6. The Hall–Kier alpha value is -6.07. The number of unbranched alkanes of at least 4 members (excludes halogenated alkanes) is 1. The van der Waals surface area contributed by atoms with Crippen LogP contribution in [0.1, 0.15) is 92.2 Å². The van der Waals surface area contributed by atoms with Gasteiger partial charge >= 0.3 is 0 Å². The first-order valence-electron chi connectivity index (χ1n) is 20.7. The van der Waals surface area contributed by atoms with E-state index in [0.717, 1.165) is 73.4 Å². The number of rotatable bonds is 5. The number of aryl methyl sites for hydroxylation is 1. The third-order valence-electron chi connectivity index (χ3n) is 9.19. The van der Waals surface area contributed by atoms with Gasteiger partial charge in [-0.2, -0.15) is 0 Å². The quantitative estimate of drug-likeness (QED) is 0.164. The number of furan rings is 2. The highest BCUT2D eigenvalue weighted by Gasteiger charge is 2.17. The van der Waals surface area contributed by atoms with Crippen LogP contribution in [0, 0.1) is 6.92 Å². The molecule has 0 saturated heterocycles. The van der Waals surface area contributed by atoms with Gasteiger partial charge in [-0.15, -0.1) is 13.2 Å². The van der Waals surface area contributed by atoms with E-state index in [4.69, 9.17) is 23.8 Å². The maximum absolute atomic E-state index is 6.25. The van der Waals surface area contributed by atoms with Crippen molar-refractivity contribution in [2.24, 2.45) is 0 Å². The maximum atomic E-state index is 6.25. The molecule has 0 spiro atoms. The van der Waals surface area contributed by atoms with Crippen LogP contribution in [0.2, 0.25) is 0 Å². The fourth-order valence-electron chi connectivity index (χ4n) is 6.33. The van der Waals surface area contributed by atoms with Gasteiger partial charge in [0.2, 0.25) is 0 Å². The van der Waals surface area contributed by atoms with Crippen molar-refractivity contribution in [3.63, 3.8) is 0 Å². The van der Waals surface area contributed by atoms with Gasteiger partial charge in [-0.3, -0.25) is 0 Å². The Morgan fingerprint density at radius 2 is 0.982 bits per heavy atom. The summed E-state index contributed by atoms with van der Waals surface area (Å²) in [5.41, 5.74) is 9.76. The summed E-state index contributed by atoms with van der Waals surface area (Å²) in [5.74, 6) is 1.79. The first kappa shape index (κ1) is 43.7. The van der Waals surface area contributed by atoms with Crippen molar-refractivity contribution in [2.75, 3.05) is 0 Å². The van der Waals surface area contributed by atoms with Crippen LogP contribution < -0.4 is 0 Å². The zero-order valence-electron chi connectivity index (χ0n) is 35.4. The summed E-state index contributed by atoms with van der Waals surface area (Å²) < 4.78 is 12.5. The maximum Gasteiger partial charge on any atom is 0.164 e. The minimum Gasteiger partial charge on any atom is -0.456 e. The fraction of sp³-hybridized carbons (Fsp3) is 0.250. The summed E-state index contributed by atoms with van der Waals surface area (Å²) in [6, 6.07) is 35.2. The average molecular weight is 758 g/mol. The molecule has 0 bridgehead atoms. The minimum atomic E-state index is 0.585. The third kappa shape index (κ3) is 10.0. The standard InChI is InChI=1S/C40H27N3O2.C4H10.3C2H6.C2H4/c1-24-11-20-35-33(21-24)32-19-17-29(23-37(32)45-35)40-42-38(27-14-12-26(13-15-27)25-7-3-2-4-8-25)41-39(43-40)28-16-18-31-30-9-5-6-10-34(30)44-36(31)22-28;1-3-4-2;4*1-2/h2-3,5-7,9-23H,4,8H2,1H3;3-4H2,1-2H3;3*1-2H3;1-2H2. The monoisotopic (exact) mass is 757 g/mol. The molecule has 0 fully saturated rings. The van der Waals surface area contributed by atoms with Gasteiger partial charge in [0.25, 0.3) is 0 Å². The summed E-state index contributed by atoms with van der Waals surface area (Å²) in [6.07, 6.45) is 11.3. The van der Waals surface area contributed by atoms with Gasteiger partial charge in [0.1, 0.15) is 22.3 Å². The van der Waals surface area contributed by atoms with E-state index in [-0.39, 0.29) is 0 Å². The lowest BCUT2D eigenvalue weighted by molar-refractivity contribution is 0.668. The third-order valence-corrected chi connectivity index (χ3v) is 9.19. The van der Waals surface area contributed by atoms with Crippen LogP contribution in [0.15, 0.2) is 143 Å². The SMILES string of the molecule is C=C.CC.CC.CC.CCCC.Cc1ccc2oc3cc(-c4nc(-c5ccc(C6=CC=CCC6)cc5)nc(-c5ccc6c(c5)oc5ccccc56)n4)ccc3c2c1. The second-order valence-electron chi connectivity index (χ2n) is 12.7. The van der Waals surface area contributed by atoms with Gasteiger partial charge in [0.15, 0.2) is 17.5 Å². The van der Waals surface area contributed by atoms with E-state index >= 15 is 0 Å². The van der Waals surface area contributed by atoms with Gasteiger partial charge in [0, 0.05) is 38.2 Å². The molecule has 57 heavy (non-hydrogen) atoms. The number of hydrogen-bond donors (Lipinski definition) is 0. The predicted molar refractivity (Wildman–Crippen MR) is 248 cm³/mol. The van der Waals surface area contributed by atoms with E-state index < -0.39 is 0 Å². The summed E-state index contributed by atoms with van der Waals surface area (Å²) >= 11 is 0. The molecule has 0 atom stereocenters. The largest absolute Gasteiger partial charge is 0.456 e. The summed E-state index contributed by atoms with van der Waals surface area (Å²) in [5, 5.41) is 4.34. The van der Waals surface area contributed by atoms with E-state index in [0.29, 0.717) is 17.5 Å². The van der Waals surface area contributed by atoms with Gasteiger partial charge in [-0.1, -0.05) is 153 Å². The number of allylic oxidation sites excluding steroid dienone is 4. The zero-order chi connectivity index (χ0) is 41.3. The molecule has 0 unspecified atom stereocenters. The molecule has 0 saturated carbocycles. The van der Waals surface area contributed by atoms with E-state index in [1.165, 1.54) is 29.5 Å². The Morgan fingerprint density at radius 1 is 0.509 bits per heavy atom. The fourth-order valence-corrected chi connectivity index (χ4v) is 6.33. The van der Waals surface area contributed by atoms with Crippen LogP contribution in [0.5, 0.6) is 0 Å². The van der Waals surface area contributed by atoms with Crippen molar-refractivity contribution in [1.29, 1.82) is 0 Å². The van der Waals surface area contributed by atoms with Crippen LogP contribution in [0.3, 0.4) is 0 Å². The Morgan fingerprint density at radius 3 is 1.53 bits per heavy atom. The molecule has 5 nitrogen and oxygen atoms in total. The van der Waals surface area contributed by atoms with E-state index in [9.17, 15) is 0 Å². The Bertz CT molecular complexity index is 2550. The molecular formula is C52H59N3O2. The first-order valence-corrected chi connectivity index (χ1v) is 20.7. The number of hydrogen-bond acceptors (Lipinski definition) is 5. The van der Waals surface area contributed by atoms with Gasteiger partial charge in [-0.05, 0) is 73.4 Å². The molecule has 0 radical (unpaired) electrons. The van der Waals surface area contributed by atoms with Crippen molar-refractivity contribution in [3.05, 3.63) is 146 Å². The summed E-state index contributed by atoms with van der Waals surface area (Å²) in [6.45, 7) is 24.5. The van der Waals surface area contributed by atoms with Crippen molar-refractivity contribution in [3.8, 4) is 34.2 Å². The van der Waals surface area contributed by atoms with Crippen molar-refractivity contribution in [2.45, 2.75) is 88.0 Å². The molecule has 0 N–H and O–H groups in total. The summed E-state index contributed by atoms with van der Waals surface area (Å²) in [4.78, 5) is 15.0. The van der Waals surface area contributed by atoms with Gasteiger partial charge in [0.05, 0.1) is 0 Å². The minimum absolute atomic E-state index is 0.585. The highest BCUT2D eigenvalue weighted by Crippen LogP contribution is 2.35. The molecule has 5 aromatic carbocycles. The van der Waals surface area contributed by atoms with E-state index in [2.05, 4.69) is 119 Å². The molecule has 5 heteroatoms.